The zero-order valence-corrected chi connectivity index (χ0v) is 19.3. The molecule has 2 bridgehead atoms. The van der Waals surface area contributed by atoms with Crippen LogP contribution in [0.4, 0.5) is 17.6 Å². The predicted molar refractivity (Wildman–Crippen MR) is 119 cm³/mol. The van der Waals surface area contributed by atoms with Crippen LogP contribution in [0.3, 0.4) is 0 Å². The van der Waals surface area contributed by atoms with Crippen molar-refractivity contribution in [2.45, 2.75) is 55.3 Å². The minimum atomic E-state index is -3.75. The van der Waals surface area contributed by atoms with Gasteiger partial charge in [-0.05, 0) is 77.9 Å². The molecule has 0 radical (unpaired) electrons. The van der Waals surface area contributed by atoms with E-state index < -0.39 is 46.1 Å². The van der Waals surface area contributed by atoms with Crippen molar-refractivity contribution in [3.05, 3.63) is 71.6 Å². The van der Waals surface area contributed by atoms with Crippen molar-refractivity contribution in [2.24, 2.45) is 5.41 Å². The molecule has 2 N–H and O–H groups in total. The lowest BCUT2D eigenvalue weighted by atomic mass is 9.30. The fourth-order valence-electron chi connectivity index (χ4n) is 6.34. The number of ether oxygens (including phenoxy) is 1. The van der Waals surface area contributed by atoms with Crippen LogP contribution in [0.2, 0.25) is 0 Å². The Morgan fingerprint density at radius 3 is 2.47 bits per heavy atom. The lowest BCUT2D eigenvalue weighted by molar-refractivity contribution is -0.347. The predicted octanol–water partition coefficient (Wildman–Crippen LogP) is 3.34. The number of alkyl halides is 2. The zero-order chi connectivity index (χ0) is 25.2. The van der Waals surface area contributed by atoms with E-state index in [1.165, 1.54) is 0 Å². The lowest BCUT2D eigenvalue weighted by Crippen LogP contribution is -2.76. The first-order chi connectivity index (χ1) is 17.2. The number of nitrogens with zero attached hydrogens (tertiary/aromatic N) is 4. The molecule has 2 aromatic carbocycles. The van der Waals surface area contributed by atoms with Gasteiger partial charge in [0.15, 0.2) is 5.60 Å². The quantitative estimate of drug-likeness (QED) is 0.459. The van der Waals surface area contributed by atoms with Gasteiger partial charge in [0.25, 0.3) is 5.92 Å². The van der Waals surface area contributed by atoms with Crippen molar-refractivity contribution < 1.29 is 27.4 Å². The molecule has 7 rings (SSSR count). The van der Waals surface area contributed by atoms with Crippen LogP contribution in [-0.4, -0.2) is 50.4 Å². The molecule has 190 valence electrons. The summed E-state index contributed by atoms with van der Waals surface area (Å²) < 4.78 is 67.7. The van der Waals surface area contributed by atoms with E-state index in [4.69, 9.17) is 4.74 Å². The minimum Gasteiger partial charge on any atom is -0.489 e. The van der Waals surface area contributed by atoms with Crippen molar-refractivity contribution in [1.29, 1.82) is 0 Å². The number of tetrazole rings is 1. The average molecular weight is 504 g/mol. The number of aliphatic hydroxyl groups is 1. The smallest absolute Gasteiger partial charge is 0.287 e. The van der Waals surface area contributed by atoms with Crippen molar-refractivity contribution in [1.82, 2.24) is 25.5 Å². The molecule has 1 saturated heterocycles. The molecule has 2 heterocycles. The van der Waals surface area contributed by atoms with Gasteiger partial charge in [-0.15, -0.1) is 5.10 Å². The van der Waals surface area contributed by atoms with Crippen molar-refractivity contribution in [3.8, 4) is 5.75 Å². The SMILES string of the molecule is OC(Cn1cnnn1)(c1ccc(F)cc1F)C(F)(F)C12CC(c3ccc(O[C@@H]4CCNC4)cc3)(C1)C2. The van der Waals surface area contributed by atoms with Gasteiger partial charge in [-0.3, -0.25) is 0 Å². The van der Waals surface area contributed by atoms with Gasteiger partial charge in [-0.2, -0.15) is 0 Å². The molecule has 2 atom stereocenters. The van der Waals surface area contributed by atoms with E-state index in [2.05, 4.69) is 20.8 Å². The Bertz CT molecular complexity index is 1240. The lowest BCUT2D eigenvalue weighted by Gasteiger charge is -2.74. The van der Waals surface area contributed by atoms with E-state index in [0.717, 1.165) is 54.0 Å². The second kappa shape index (κ2) is 7.97. The summed E-state index contributed by atoms with van der Waals surface area (Å²) in [4.78, 5) is 0. The molecular formula is C25H25F4N5O2. The van der Waals surface area contributed by atoms with Crippen LogP contribution in [0.1, 0.15) is 36.8 Å². The average Bonchev–Trinajstić information content (AvgIpc) is 3.47. The standard InChI is InChI=1S/C25H25F4N5O2/c26-17-3-6-20(21(27)9-17)24(35,14-34-15-31-32-33-34)25(28,29)23-11-22(12-23,13-23)16-1-4-18(5-2-16)36-19-7-8-30-10-19/h1-6,9,15,19,30,35H,7-8,10-14H2/t19-,22?,23?,24?/m1/s1. The van der Waals surface area contributed by atoms with Gasteiger partial charge < -0.3 is 15.2 Å². The number of hydrogen-bond acceptors (Lipinski definition) is 6. The molecular weight excluding hydrogens is 478 g/mol. The highest BCUT2D eigenvalue weighted by atomic mass is 19.3. The van der Waals surface area contributed by atoms with E-state index in [1.807, 2.05) is 24.3 Å². The maximum atomic E-state index is 16.3. The summed E-state index contributed by atoms with van der Waals surface area (Å²) in [7, 11) is 0. The zero-order valence-electron chi connectivity index (χ0n) is 19.3. The molecule has 3 aliphatic carbocycles. The molecule has 4 aliphatic rings. The van der Waals surface area contributed by atoms with Gasteiger partial charge in [-0.1, -0.05) is 12.1 Å². The maximum Gasteiger partial charge on any atom is 0.287 e. The van der Waals surface area contributed by atoms with Crippen molar-refractivity contribution in [3.63, 3.8) is 0 Å². The number of benzene rings is 2. The Labute approximate surface area is 204 Å². The van der Waals surface area contributed by atoms with Crippen LogP contribution in [0, 0.1) is 17.0 Å². The van der Waals surface area contributed by atoms with Crippen LogP contribution in [-0.2, 0) is 17.6 Å². The van der Waals surface area contributed by atoms with Gasteiger partial charge in [-0.25, -0.2) is 22.2 Å². The number of aromatic nitrogens is 4. The molecule has 3 aromatic rings. The highest BCUT2D eigenvalue weighted by Crippen LogP contribution is 2.80. The summed E-state index contributed by atoms with van der Waals surface area (Å²) in [5, 5.41) is 25.1. The monoisotopic (exact) mass is 503 g/mol. The minimum absolute atomic E-state index is 0.123. The molecule has 7 nitrogen and oxygen atoms in total. The molecule has 4 fully saturated rings. The van der Waals surface area contributed by atoms with Crippen LogP contribution in [0.25, 0.3) is 0 Å². The van der Waals surface area contributed by atoms with E-state index >= 15 is 8.78 Å². The van der Waals surface area contributed by atoms with Crippen LogP contribution < -0.4 is 10.1 Å². The number of rotatable bonds is 8. The summed E-state index contributed by atoms with van der Waals surface area (Å²) in [5.41, 5.74) is -4.69. The Morgan fingerprint density at radius 1 is 1.11 bits per heavy atom. The summed E-state index contributed by atoms with van der Waals surface area (Å²) >= 11 is 0. The number of halogens is 4. The molecule has 0 amide bonds. The molecule has 11 heteroatoms. The van der Waals surface area contributed by atoms with Gasteiger partial charge in [0, 0.05) is 23.6 Å². The third kappa shape index (κ3) is 3.36. The molecule has 36 heavy (non-hydrogen) atoms. The Balaban J connectivity index is 1.25. The molecule has 0 spiro atoms. The Morgan fingerprint density at radius 2 is 1.86 bits per heavy atom. The van der Waals surface area contributed by atoms with Gasteiger partial charge in [0.2, 0.25) is 0 Å². The van der Waals surface area contributed by atoms with E-state index in [0.29, 0.717) is 6.07 Å². The van der Waals surface area contributed by atoms with E-state index in [9.17, 15) is 13.9 Å². The molecule has 3 saturated carbocycles. The maximum absolute atomic E-state index is 16.3. The third-order valence-corrected chi connectivity index (χ3v) is 8.16. The second-order valence-electron chi connectivity index (χ2n) is 10.4. The van der Waals surface area contributed by atoms with Gasteiger partial charge >= 0.3 is 0 Å². The molecule has 1 aromatic heterocycles. The van der Waals surface area contributed by atoms with E-state index in [-0.39, 0.29) is 25.4 Å². The molecule has 1 unspecified atom stereocenters. The largest absolute Gasteiger partial charge is 0.489 e. The third-order valence-electron chi connectivity index (χ3n) is 8.16. The van der Waals surface area contributed by atoms with Crippen molar-refractivity contribution >= 4 is 0 Å². The second-order valence-corrected chi connectivity index (χ2v) is 10.4. The first kappa shape index (κ1) is 23.4. The first-order valence-corrected chi connectivity index (χ1v) is 11.9. The first-order valence-electron chi connectivity index (χ1n) is 11.9. The van der Waals surface area contributed by atoms with E-state index in [1.54, 1.807) is 0 Å². The number of hydrogen-bond donors (Lipinski definition) is 2. The fourth-order valence-corrected chi connectivity index (χ4v) is 6.34. The normalized spacial score (nSPS) is 28.8. The van der Waals surface area contributed by atoms with Crippen molar-refractivity contribution in [2.75, 3.05) is 13.1 Å². The summed E-state index contributed by atoms with van der Waals surface area (Å²) in [6.07, 6.45) is 2.54. The topological polar surface area (TPSA) is 85.1 Å². The summed E-state index contributed by atoms with van der Waals surface area (Å²) in [5.74, 6) is -5.18. The van der Waals surface area contributed by atoms with Crippen LogP contribution >= 0.6 is 0 Å². The molecule has 1 aliphatic heterocycles. The Hall–Kier alpha value is -3.05. The Kier molecular flexibility index (Phi) is 5.17. The summed E-state index contributed by atoms with van der Waals surface area (Å²) in [6.45, 7) is 0.932. The number of nitrogens with one attached hydrogen (secondary N) is 1. The van der Waals surface area contributed by atoms with Gasteiger partial charge in [0.1, 0.15) is 29.8 Å². The fraction of sp³-hybridized carbons (Fsp3) is 0.480. The highest BCUT2D eigenvalue weighted by Gasteiger charge is 2.82. The van der Waals surface area contributed by atoms with Crippen LogP contribution in [0.5, 0.6) is 5.75 Å². The van der Waals surface area contributed by atoms with Gasteiger partial charge in [0.05, 0.1) is 6.54 Å². The summed E-state index contributed by atoms with van der Waals surface area (Å²) in [6, 6.07) is 9.75. The highest BCUT2D eigenvalue weighted by molar-refractivity contribution is 5.44. The van der Waals surface area contributed by atoms with Crippen LogP contribution in [0.15, 0.2) is 48.8 Å².